The van der Waals surface area contributed by atoms with Crippen LogP contribution < -0.4 is 5.32 Å². The van der Waals surface area contributed by atoms with Crippen molar-refractivity contribution in [1.29, 1.82) is 0 Å². The van der Waals surface area contributed by atoms with Crippen molar-refractivity contribution in [3.8, 4) is 22.0 Å². The lowest BCUT2D eigenvalue weighted by Crippen LogP contribution is -2.24. The Bertz CT molecular complexity index is 1010. The number of carbonyl (C=O) groups is 1. The number of hydrogen-bond acceptors (Lipinski definition) is 8. The Labute approximate surface area is 192 Å². The fraction of sp³-hybridized carbons (Fsp3) is 0.391. The Balaban J connectivity index is 0.000000305. The predicted molar refractivity (Wildman–Crippen MR) is 126 cm³/mol. The first-order valence-corrected chi connectivity index (χ1v) is 11.3. The van der Waals surface area contributed by atoms with Gasteiger partial charge in [0.2, 0.25) is 5.95 Å². The molecule has 1 unspecified atom stereocenters. The second-order valence-electron chi connectivity index (χ2n) is 8.22. The standard InChI is InChI=1S/C18H20N4OS.C5H9NO2/c1-18(2,23)9-11-20-17-19-10-8-14(22-17)15-12-24-16(21-15)13-6-4-3-5-7-13;1-6-3-2-4(7)5(6)8/h3-8,10,12,23H,9,11H2,1-2H3,(H,19,20,22);4,7H,2-3H2,1H3. The summed E-state index contributed by atoms with van der Waals surface area (Å²) in [6, 6.07) is 12.0. The number of nitrogens with zero attached hydrogens (tertiary/aromatic N) is 4. The number of aliphatic hydroxyl groups excluding tert-OH is 1. The van der Waals surface area contributed by atoms with Gasteiger partial charge in [0.15, 0.2) is 0 Å². The molecule has 0 spiro atoms. The maximum atomic E-state index is 10.6. The third-order valence-electron chi connectivity index (χ3n) is 4.86. The Hall–Kier alpha value is -2.88. The highest BCUT2D eigenvalue weighted by Crippen LogP contribution is 2.28. The van der Waals surface area contributed by atoms with Gasteiger partial charge >= 0.3 is 0 Å². The van der Waals surface area contributed by atoms with Crippen LogP contribution in [0.1, 0.15) is 26.7 Å². The quantitative estimate of drug-likeness (QED) is 0.524. The number of carbonyl (C=O) groups excluding carboxylic acids is 1. The number of likely N-dealkylation sites (N-methyl/N-ethyl adjacent to an activating group) is 1. The van der Waals surface area contributed by atoms with E-state index in [1.165, 1.54) is 4.90 Å². The molecule has 1 aliphatic rings. The van der Waals surface area contributed by atoms with Gasteiger partial charge in [-0.2, -0.15) is 0 Å². The number of benzene rings is 1. The summed E-state index contributed by atoms with van der Waals surface area (Å²) < 4.78 is 0. The van der Waals surface area contributed by atoms with Gasteiger partial charge < -0.3 is 20.4 Å². The highest BCUT2D eigenvalue weighted by atomic mass is 32.1. The second-order valence-corrected chi connectivity index (χ2v) is 9.08. The van der Waals surface area contributed by atoms with E-state index in [9.17, 15) is 9.90 Å². The predicted octanol–water partition coefficient (Wildman–Crippen LogP) is 3.05. The first kappa shape index (κ1) is 23.8. The highest BCUT2D eigenvalue weighted by molar-refractivity contribution is 7.13. The zero-order chi connectivity index (χ0) is 23.1. The number of aromatic nitrogens is 3. The Morgan fingerprint density at radius 1 is 1.19 bits per heavy atom. The van der Waals surface area contributed by atoms with Crippen molar-refractivity contribution in [2.24, 2.45) is 0 Å². The molecular formula is C23H29N5O3S. The molecule has 170 valence electrons. The van der Waals surface area contributed by atoms with Crippen LogP contribution in [0, 0.1) is 0 Å². The molecule has 1 fully saturated rings. The van der Waals surface area contributed by atoms with Crippen molar-refractivity contribution in [1.82, 2.24) is 19.9 Å². The van der Waals surface area contributed by atoms with E-state index in [2.05, 4.69) is 20.3 Å². The monoisotopic (exact) mass is 455 g/mol. The SMILES string of the molecule is CC(C)(O)CCNc1nccc(-c2csc(-c3ccccc3)n2)n1.CN1CCC(O)C1=O. The molecule has 3 N–H and O–H groups in total. The maximum Gasteiger partial charge on any atom is 0.251 e. The Kier molecular flexibility index (Phi) is 7.89. The van der Waals surface area contributed by atoms with Gasteiger partial charge in [-0.05, 0) is 32.8 Å². The van der Waals surface area contributed by atoms with Gasteiger partial charge in [0.25, 0.3) is 5.91 Å². The third kappa shape index (κ3) is 6.81. The van der Waals surface area contributed by atoms with Gasteiger partial charge in [0, 0.05) is 37.3 Å². The van der Waals surface area contributed by atoms with Crippen LogP contribution in [0.15, 0.2) is 48.0 Å². The van der Waals surface area contributed by atoms with Gasteiger partial charge in [-0.3, -0.25) is 4.79 Å². The fourth-order valence-corrected chi connectivity index (χ4v) is 3.80. The molecule has 0 aliphatic carbocycles. The second kappa shape index (κ2) is 10.6. The number of thiazole rings is 1. The molecule has 32 heavy (non-hydrogen) atoms. The smallest absolute Gasteiger partial charge is 0.251 e. The molecular weight excluding hydrogens is 426 g/mol. The van der Waals surface area contributed by atoms with E-state index in [-0.39, 0.29) is 5.91 Å². The summed E-state index contributed by atoms with van der Waals surface area (Å²) in [7, 11) is 1.69. The zero-order valence-electron chi connectivity index (χ0n) is 18.5. The minimum absolute atomic E-state index is 0.148. The Morgan fingerprint density at radius 3 is 2.53 bits per heavy atom. The van der Waals surface area contributed by atoms with Crippen LogP contribution in [0.2, 0.25) is 0 Å². The van der Waals surface area contributed by atoms with Crippen molar-refractivity contribution in [3.05, 3.63) is 48.0 Å². The summed E-state index contributed by atoms with van der Waals surface area (Å²) in [4.78, 5) is 25.5. The van der Waals surface area contributed by atoms with E-state index in [1.807, 2.05) is 41.8 Å². The van der Waals surface area contributed by atoms with E-state index in [0.717, 1.165) is 22.0 Å². The minimum atomic E-state index is -0.722. The number of rotatable bonds is 6. The van der Waals surface area contributed by atoms with Crippen molar-refractivity contribution in [2.45, 2.75) is 38.4 Å². The molecule has 0 saturated carbocycles. The van der Waals surface area contributed by atoms with Crippen LogP contribution in [-0.2, 0) is 4.79 Å². The molecule has 1 amide bonds. The molecule has 2 aromatic heterocycles. The first-order valence-electron chi connectivity index (χ1n) is 10.5. The van der Waals surface area contributed by atoms with Crippen molar-refractivity contribution in [2.75, 3.05) is 25.5 Å². The zero-order valence-corrected chi connectivity index (χ0v) is 19.3. The van der Waals surface area contributed by atoms with E-state index in [0.29, 0.717) is 31.9 Å². The molecule has 1 saturated heterocycles. The van der Waals surface area contributed by atoms with Crippen LogP contribution in [0.5, 0.6) is 0 Å². The van der Waals surface area contributed by atoms with Gasteiger partial charge in [-0.15, -0.1) is 11.3 Å². The normalized spacial score (nSPS) is 16.0. The summed E-state index contributed by atoms with van der Waals surface area (Å²) >= 11 is 1.60. The fourth-order valence-electron chi connectivity index (χ4n) is 2.98. The molecule has 0 radical (unpaired) electrons. The van der Waals surface area contributed by atoms with Crippen molar-refractivity contribution >= 4 is 23.2 Å². The maximum absolute atomic E-state index is 10.6. The number of nitrogens with one attached hydrogen (secondary N) is 1. The summed E-state index contributed by atoms with van der Waals surface area (Å²) in [5.41, 5.74) is 2.02. The van der Waals surface area contributed by atoms with Crippen LogP contribution in [0.3, 0.4) is 0 Å². The molecule has 4 rings (SSSR count). The molecule has 8 nitrogen and oxygen atoms in total. The molecule has 3 aromatic rings. The number of hydrogen-bond donors (Lipinski definition) is 3. The number of anilines is 1. The molecule has 1 aliphatic heterocycles. The topological polar surface area (TPSA) is 111 Å². The average Bonchev–Trinajstić information content (AvgIpc) is 3.37. The van der Waals surface area contributed by atoms with Crippen LogP contribution in [-0.4, -0.2) is 67.8 Å². The lowest BCUT2D eigenvalue weighted by molar-refractivity contribution is -0.133. The van der Waals surface area contributed by atoms with E-state index >= 15 is 0 Å². The summed E-state index contributed by atoms with van der Waals surface area (Å²) in [5.74, 6) is 0.399. The molecule has 3 heterocycles. The molecule has 1 atom stereocenters. The van der Waals surface area contributed by atoms with Gasteiger partial charge in [0.1, 0.15) is 16.8 Å². The van der Waals surface area contributed by atoms with E-state index in [1.54, 1.807) is 38.4 Å². The first-order chi connectivity index (χ1) is 15.2. The molecule has 9 heteroatoms. The summed E-state index contributed by atoms with van der Waals surface area (Å²) in [6.45, 7) is 4.87. The molecule has 0 bridgehead atoms. The number of likely N-dealkylation sites (tertiary alicyclic amines) is 1. The highest BCUT2D eigenvalue weighted by Gasteiger charge is 2.26. The van der Waals surface area contributed by atoms with Crippen LogP contribution >= 0.6 is 11.3 Å². The van der Waals surface area contributed by atoms with Gasteiger partial charge in [-0.1, -0.05) is 30.3 Å². The van der Waals surface area contributed by atoms with Crippen LogP contribution in [0.25, 0.3) is 22.0 Å². The van der Waals surface area contributed by atoms with Crippen molar-refractivity contribution in [3.63, 3.8) is 0 Å². The van der Waals surface area contributed by atoms with Gasteiger partial charge in [-0.25, -0.2) is 15.0 Å². The minimum Gasteiger partial charge on any atom is -0.390 e. The lowest BCUT2D eigenvalue weighted by Gasteiger charge is -2.16. The van der Waals surface area contributed by atoms with E-state index in [4.69, 9.17) is 5.11 Å². The molecule has 1 aromatic carbocycles. The van der Waals surface area contributed by atoms with Gasteiger partial charge in [0.05, 0.1) is 11.3 Å². The van der Waals surface area contributed by atoms with E-state index < -0.39 is 11.7 Å². The van der Waals surface area contributed by atoms with Crippen LogP contribution in [0.4, 0.5) is 5.95 Å². The Morgan fingerprint density at radius 2 is 1.94 bits per heavy atom. The number of amides is 1. The number of aliphatic hydroxyl groups is 2. The largest absolute Gasteiger partial charge is 0.390 e. The average molecular weight is 456 g/mol. The third-order valence-corrected chi connectivity index (χ3v) is 5.75. The summed E-state index contributed by atoms with van der Waals surface area (Å²) in [6.07, 6.45) is 2.21. The summed E-state index contributed by atoms with van der Waals surface area (Å²) in [5, 5.41) is 24.6. The lowest BCUT2D eigenvalue weighted by atomic mass is 10.1. The van der Waals surface area contributed by atoms with Crippen molar-refractivity contribution < 1.29 is 15.0 Å².